The summed E-state index contributed by atoms with van der Waals surface area (Å²) in [6.45, 7) is 4.56. The van der Waals surface area contributed by atoms with Gasteiger partial charge in [0.2, 0.25) is 0 Å². The van der Waals surface area contributed by atoms with Crippen LogP contribution < -0.4 is 10.5 Å². The zero-order valence-corrected chi connectivity index (χ0v) is 11.8. The molecule has 1 aromatic carbocycles. The number of rotatable bonds is 5. The Labute approximate surface area is 114 Å². The lowest BCUT2D eigenvalue weighted by atomic mass is 10.0. The van der Waals surface area contributed by atoms with E-state index in [4.69, 9.17) is 10.5 Å². The Morgan fingerprint density at radius 1 is 1.37 bits per heavy atom. The van der Waals surface area contributed by atoms with E-state index in [9.17, 15) is 0 Å². The molecule has 0 unspecified atom stereocenters. The summed E-state index contributed by atoms with van der Waals surface area (Å²) in [7, 11) is 1.93. The Morgan fingerprint density at radius 2 is 2.11 bits per heavy atom. The maximum absolute atomic E-state index is 6.10. The third kappa shape index (κ3) is 3.15. The smallest absolute Gasteiger partial charge is 0.130 e. The fourth-order valence-electron chi connectivity index (χ4n) is 2.09. The molecule has 0 saturated heterocycles. The van der Waals surface area contributed by atoms with Gasteiger partial charge in [0.1, 0.15) is 12.4 Å². The zero-order chi connectivity index (χ0) is 13.8. The van der Waals surface area contributed by atoms with Gasteiger partial charge in [-0.2, -0.15) is 5.10 Å². The van der Waals surface area contributed by atoms with Crippen LogP contribution in [0.3, 0.4) is 0 Å². The van der Waals surface area contributed by atoms with Crippen molar-refractivity contribution in [3.63, 3.8) is 0 Å². The molecule has 2 N–H and O–H groups in total. The Balaban J connectivity index is 2.13. The lowest BCUT2D eigenvalue weighted by Gasteiger charge is -2.15. The van der Waals surface area contributed by atoms with Crippen LogP contribution in [0.1, 0.15) is 36.3 Å². The fraction of sp³-hybridized carbons (Fsp3) is 0.400. The minimum Gasteiger partial charge on any atom is -0.487 e. The van der Waals surface area contributed by atoms with E-state index in [1.807, 2.05) is 49.0 Å². The van der Waals surface area contributed by atoms with Crippen molar-refractivity contribution in [3.8, 4) is 5.75 Å². The first kappa shape index (κ1) is 13.6. The van der Waals surface area contributed by atoms with Crippen molar-refractivity contribution in [1.29, 1.82) is 0 Å². The van der Waals surface area contributed by atoms with E-state index >= 15 is 0 Å². The molecule has 1 atom stereocenters. The van der Waals surface area contributed by atoms with E-state index in [2.05, 4.69) is 12.0 Å². The Kier molecular flexibility index (Phi) is 4.22. The minimum atomic E-state index is 0.0180. The summed E-state index contributed by atoms with van der Waals surface area (Å²) >= 11 is 0. The van der Waals surface area contributed by atoms with Gasteiger partial charge in [-0.1, -0.05) is 25.1 Å². The maximum atomic E-state index is 6.10. The highest BCUT2D eigenvalue weighted by Crippen LogP contribution is 2.26. The first-order valence-electron chi connectivity index (χ1n) is 6.58. The van der Waals surface area contributed by atoms with Crippen molar-refractivity contribution >= 4 is 0 Å². The van der Waals surface area contributed by atoms with Crippen molar-refractivity contribution in [2.45, 2.75) is 32.9 Å². The summed E-state index contributed by atoms with van der Waals surface area (Å²) in [5.41, 5.74) is 9.21. The second-order valence-electron chi connectivity index (χ2n) is 4.74. The number of nitrogens with two attached hydrogens (primary N) is 1. The van der Waals surface area contributed by atoms with Crippen molar-refractivity contribution in [3.05, 3.63) is 47.3 Å². The van der Waals surface area contributed by atoms with Gasteiger partial charge in [0.25, 0.3) is 0 Å². The normalized spacial score (nSPS) is 12.4. The molecule has 0 radical (unpaired) electrons. The number of aromatic nitrogens is 2. The molecule has 0 spiro atoms. The molecular weight excluding hydrogens is 238 g/mol. The van der Waals surface area contributed by atoms with Crippen LogP contribution in [0.2, 0.25) is 0 Å². The van der Waals surface area contributed by atoms with Crippen molar-refractivity contribution < 1.29 is 4.74 Å². The average Bonchev–Trinajstić information content (AvgIpc) is 2.74. The van der Waals surface area contributed by atoms with E-state index in [0.717, 1.165) is 29.1 Å². The molecule has 0 aliphatic rings. The van der Waals surface area contributed by atoms with Crippen LogP contribution >= 0.6 is 0 Å². The van der Waals surface area contributed by atoms with Crippen LogP contribution in [0, 0.1) is 6.92 Å². The van der Waals surface area contributed by atoms with Gasteiger partial charge in [-0.3, -0.25) is 4.68 Å². The zero-order valence-electron chi connectivity index (χ0n) is 11.8. The van der Waals surface area contributed by atoms with Crippen molar-refractivity contribution in [2.24, 2.45) is 12.8 Å². The van der Waals surface area contributed by atoms with Gasteiger partial charge in [0, 0.05) is 18.7 Å². The third-order valence-corrected chi connectivity index (χ3v) is 3.23. The number of benzene rings is 1. The van der Waals surface area contributed by atoms with Gasteiger partial charge in [0.15, 0.2) is 0 Å². The highest BCUT2D eigenvalue weighted by molar-refractivity contribution is 5.35. The lowest BCUT2D eigenvalue weighted by molar-refractivity contribution is 0.290. The number of aryl methyl sites for hydroxylation is 2. The first-order valence-corrected chi connectivity index (χ1v) is 6.58. The van der Waals surface area contributed by atoms with Crippen LogP contribution in [0.15, 0.2) is 30.3 Å². The molecule has 4 heteroatoms. The van der Waals surface area contributed by atoms with Crippen LogP contribution in [0.4, 0.5) is 0 Å². The standard InChI is InChI=1S/C15H21N3O/c1-4-14(16)13-7-5-6-8-15(13)19-10-12-9-11(2)17-18(12)3/h5-9,14H,4,10,16H2,1-3H3/t14-/m1/s1. The fourth-order valence-corrected chi connectivity index (χ4v) is 2.09. The van der Waals surface area contributed by atoms with Gasteiger partial charge >= 0.3 is 0 Å². The quantitative estimate of drug-likeness (QED) is 0.898. The highest BCUT2D eigenvalue weighted by atomic mass is 16.5. The molecule has 0 bridgehead atoms. The third-order valence-electron chi connectivity index (χ3n) is 3.23. The molecule has 0 saturated carbocycles. The number of ether oxygens (including phenoxy) is 1. The van der Waals surface area contributed by atoms with E-state index in [-0.39, 0.29) is 6.04 Å². The number of hydrogen-bond acceptors (Lipinski definition) is 3. The van der Waals surface area contributed by atoms with Crippen LogP contribution in [-0.2, 0) is 13.7 Å². The molecule has 19 heavy (non-hydrogen) atoms. The average molecular weight is 259 g/mol. The van der Waals surface area contributed by atoms with Gasteiger partial charge in [-0.15, -0.1) is 0 Å². The number of hydrogen-bond donors (Lipinski definition) is 1. The molecule has 0 amide bonds. The predicted molar refractivity (Wildman–Crippen MR) is 75.9 cm³/mol. The predicted octanol–water partition coefficient (Wildman–Crippen LogP) is 2.72. The Morgan fingerprint density at radius 3 is 2.74 bits per heavy atom. The summed E-state index contributed by atoms with van der Waals surface area (Å²) < 4.78 is 7.74. The van der Waals surface area contributed by atoms with Crippen molar-refractivity contribution in [1.82, 2.24) is 9.78 Å². The maximum Gasteiger partial charge on any atom is 0.130 e. The molecular formula is C15H21N3O. The SMILES string of the molecule is CC[C@@H](N)c1ccccc1OCc1cc(C)nn1C. The summed E-state index contributed by atoms with van der Waals surface area (Å²) in [4.78, 5) is 0. The summed E-state index contributed by atoms with van der Waals surface area (Å²) in [6.07, 6.45) is 0.894. The lowest BCUT2D eigenvalue weighted by Crippen LogP contribution is -2.11. The molecule has 0 fully saturated rings. The van der Waals surface area contributed by atoms with E-state index in [0.29, 0.717) is 6.61 Å². The van der Waals surface area contributed by atoms with Crippen LogP contribution in [0.5, 0.6) is 5.75 Å². The summed E-state index contributed by atoms with van der Waals surface area (Å²) in [6, 6.07) is 10.0. The van der Waals surface area contributed by atoms with Gasteiger partial charge in [-0.25, -0.2) is 0 Å². The summed E-state index contributed by atoms with van der Waals surface area (Å²) in [5, 5.41) is 4.31. The van der Waals surface area contributed by atoms with E-state index in [1.165, 1.54) is 0 Å². The Bertz CT molecular complexity index is 548. The minimum absolute atomic E-state index is 0.0180. The van der Waals surface area contributed by atoms with Crippen molar-refractivity contribution in [2.75, 3.05) is 0 Å². The van der Waals surface area contributed by atoms with E-state index < -0.39 is 0 Å². The largest absolute Gasteiger partial charge is 0.487 e. The second-order valence-corrected chi connectivity index (χ2v) is 4.74. The topological polar surface area (TPSA) is 53.1 Å². The van der Waals surface area contributed by atoms with Gasteiger partial charge < -0.3 is 10.5 Å². The van der Waals surface area contributed by atoms with Gasteiger partial charge in [0.05, 0.1) is 11.4 Å². The van der Waals surface area contributed by atoms with E-state index in [1.54, 1.807) is 0 Å². The van der Waals surface area contributed by atoms with Crippen LogP contribution in [-0.4, -0.2) is 9.78 Å². The molecule has 1 aromatic heterocycles. The highest BCUT2D eigenvalue weighted by Gasteiger charge is 2.10. The number of nitrogens with zero attached hydrogens (tertiary/aromatic N) is 2. The second kappa shape index (κ2) is 5.89. The monoisotopic (exact) mass is 259 g/mol. The molecule has 2 rings (SSSR count). The van der Waals surface area contributed by atoms with Crippen LogP contribution in [0.25, 0.3) is 0 Å². The Hall–Kier alpha value is -1.81. The molecule has 2 aromatic rings. The number of para-hydroxylation sites is 1. The molecule has 102 valence electrons. The molecule has 0 aliphatic carbocycles. The first-order chi connectivity index (χ1) is 9.11. The summed E-state index contributed by atoms with van der Waals surface area (Å²) in [5.74, 6) is 0.857. The van der Waals surface area contributed by atoms with Gasteiger partial charge in [-0.05, 0) is 25.5 Å². The molecule has 4 nitrogen and oxygen atoms in total. The molecule has 1 heterocycles. The molecule has 0 aliphatic heterocycles.